The molecule has 0 spiro atoms. The van der Waals surface area contributed by atoms with Crippen LogP contribution in [0.4, 0.5) is 0 Å². The van der Waals surface area contributed by atoms with Crippen LogP contribution in [0.3, 0.4) is 0 Å². The second-order valence-electron chi connectivity index (χ2n) is 8.53. The van der Waals surface area contributed by atoms with Crippen LogP contribution in [0.25, 0.3) is 0 Å². The van der Waals surface area contributed by atoms with Crippen molar-refractivity contribution < 1.29 is 69.0 Å². The van der Waals surface area contributed by atoms with Crippen LogP contribution in [-0.4, -0.2) is 122 Å². The van der Waals surface area contributed by atoms with Gasteiger partial charge >= 0.3 is 35.8 Å². The fourth-order valence-corrected chi connectivity index (χ4v) is 2.03. The van der Waals surface area contributed by atoms with Crippen molar-refractivity contribution in [3.8, 4) is 0 Å². The number of aliphatic carboxylic acids is 6. The van der Waals surface area contributed by atoms with E-state index in [1.165, 1.54) is 0 Å². The molecule has 0 aliphatic carbocycles. The number of nitrogens with two attached hydrogens (primary N) is 7. The van der Waals surface area contributed by atoms with Gasteiger partial charge in [0, 0.05) is 25.8 Å². The minimum Gasteiger partial charge on any atom is -0.481 e. The molecular formula is C22H44N8O14. The summed E-state index contributed by atoms with van der Waals surface area (Å²) >= 11 is 0. The minimum absolute atomic E-state index is 0.00463. The summed E-state index contributed by atoms with van der Waals surface area (Å²) in [7, 11) is 0. The first kappa shape index (κ1) is 46.5. The van der Waals surface area contributed by atoms with E-state index in [1.54, 1.807) is 0 Å². The van der Waals surface area contributed by atoms with Gasteiger partial charge in [-0.1, -0.05) is 0 Å². The molecule has 5 atom stereocenters. The highest BCUT2D eigenvalue weighted by atomic mass is 16.4. The molecule has 0 radical (unpaired) electrons. The van der Waals surface area contributed by atoms with Crippen molar-refractivity contribution in [1.82, 2.24) is 5.32 Å². The maximum Gasteiger partial charge on any atom is 0.326 e. The van der Waals surface area contributed by atoms with Crippen LogP contribution < -0.4 is 45.5 Å². The summed E-state index contributed by atoms with van der Waals surface area (Å²) in [5.74, 6) is -6.99. The molecule has 0 aromatic heterocycles. The Labute approximate surface area is 250 Å². The molecule has 44 heavy (non-hydrogen) atoms. The molecule has 2 amide bonds. The van der Waals surface area contributed by atoms with Crippen LogP contribution >= 0.6 is 0 Å². The third-order valence-electron chi connectivity index (χ3n) is 4.66. The van der Waals surface area contributed by atoms with Crippen LogP contribution in [0, 0.1) is 0 Å². The lowest BCUT2D eigenvalue weighted by molar-refractivity contribution is -0.141. The predicted molar refractivity (Wildman–Crippen MR) is 149 cm³/mol. The summed E-state index contributed by atoms with van der Waals surface area (Å²) in [6.45, 7) is 0.322. The number of amides is 2. The Bertz CT molecular complexity index is 903. The van der Waals surface area contributed by atoms with Crippen LogP contribution in [0.2, 0.25) is 0 Å². The molecular weight excluding hydrogens is 600 g/mol. The number of rotatable bonds is 14. The molecule has 1 heterocycles. The number of carboxylic acids is 6. The zero-order valence-corrected chi connectivity index (χ0v) is 23.7. The van der Waals surface area contributed by atoms with E-state index in [0.29, 0.717) is 25.8 Å². The second-order valence-corrected chi connectivity index (χ2v) is 8.53. The van der Waals surface area contributed by atoms with Gasteiger partial charge in [0.2, 0.25) is 11.8 Å². The topological polar surface area (TPSA) is 452 Å². The molecule has 0 aromatic rings. The highest BCUT2D eigenvalue weighted by Gasteiger charge is 2.26. The SMILES string of the molecule is NC(=O)CC[C@H](N)C(=O)O.NCC(N)C(=O)O.NCCC(N)C(=O)O.N[C@@H](CCC(=O)O)C(=O)O.O=C1CC[C@@H](C(=O)O)N1. The minimum atomic E-state index is -1.17. The zero-order chi connectivity index (χ0) is 35.6. The average molecular weight is 645 g/mol. The Hall–Kier alpha value is -4.48. The molecule has 0 aromatic carbocycles. The standard InChI is InChI=1S/C5H10N2O3.C5H9NO4.C5H7NO3.C4H10N2O2.C3H8N2O2/c2*6-3(5(9)10)1-2-4(7)8;7-4-2-1-3(6-4)5(8)9;5-2-1-3(6)4(7)8;4-1-2(5)3(6)7/h3H,1-2,6H2,(H2,7,8)(H,9,10);3H,1-2,6H2,(H,7,8)(H,9,10);3H,1-2H2,(H,6,7)(H,8,9);3H,1-2,5-6H2,(H,7,8);2H,1,4-5H2,(H,6,7)/t3*3-;;/m000../s1. The third-order valence-corrected chi connectivity index (χ3v) is 4.66. The van der Waals surface area contributed by atoms with Crippen molar-refractivity contribution >= 4 is 47.6 Å². The van der Waals surface area contributed by atoms with Gasteiger partial charge in [0.1, 0.15) is 30.2 Å². The summed E-state index contributed by atoms with van der Waals surface area (Å²) in [6, 6.07) is -4.37. The average Bonchev–Trinajstić information content (AvgIpc) is 3.37. The molecule has 1 aliphatic rings. The Balaban J connectivity index is -0.000000229. The van der Waals surface area contributed by atoms with Crippen molar-refractivity contribution in [3.63, 3.8) is 0 Å². The van der Waals surface area contributed by atoms with E-state index < -0.39 is 71.9 Å². The summed E-state index contributed by atoms with van der Waals surface area (Å²) in [5, 5.41) is 51.2. The summed E-state index contributed by atoms with van der Waals surface area (Å²) < 4.78 is 0. The van der Waals surface area contributed by atoms with E-state index in [4.69, 9.17) is 70.8 Å². The maximum atomic E-state index is 10.4. The van der Waals surface area contributed by atoms with E-state index in [1.807, 2.05) is 0 Å². The fraction of sp³-hybridized carbons (Fsp3) is 0.636. The lowest BCUT2D eigenvalue weighted by Gasteiger charge is -2.01. The largest absolute Gasteiger partial charge is 0.481 e. The van der Waals surface area contributed by atoms with Gasteiger partial charge in [-0.15, -0.1) is 0 Å². The van der Waals surface area contributed by atoms with Gasteiger partial charge in [0.15, 0.2) is 0 Å². The number of carboxylic acid groups (broad SMARTS) is 6. The molecule has 2 unspecified atom stereocenters. The van der Waals surface area contributed by atoms with Crippen LogP contribution in [0.1, 0.15) is 44.9 Å². The van der Waals surface area contributed by atoms with Gasteiger partial charge in [-0.05, 0) is 32.2 Å². The van der Waals surface area contributed by atoms with Crippen molar-refractivity contribution in [2.75, 3.05) is 13.1 Å². The first-order chi connectivity index (χ1) is 20.1. The van der Waals surface area contributed by atoms with Crippen LogP contribution in [0.15, 0.2) is 0 Å². The number of nitrogens with one attached hydrogen (secondary N) is 1. The van der Waals surface area contributed by atoms with E-state index in [-0.39, 0.29) is 38.1 Å². The molecule has 22 nitrogen and oxygen atoms in total. The Morgan fingerprint density at radius 3 is 1.25 bits per heavy atom. The quantitative estimate of drug-likeness (QED) is 0.0837. The summed E-state index contributed by atoms with van der Waals surface area (Å²) in [6.07, 6.45) is 1.01. The number of hydrogen-bond donors (Lipinski definition) is 14. The highest BCUT2D eigenvalue weighted by molar-refractivity contribution is 5.87. The molecule has 21 N–H and O–H groups in total. The van der Waals surface area contributed by atoms with Gasteiger partial charge in [-0.2, -0.15) is 0 Å². The van der Waals surface area contributed by atoms with Crippen LogP contribution in [0.5, 0.6) is 0 Å². The van der Waals surface area contributed by atoms with Gasteiger partial charge in [0.05, 0.1) is 0 Å². The molecule has 0 bridgehead atoms. The molecule has 1 aliphatic heterocycles. The monoisotopic (exact) mass is 644 g/mol. The maximum absolute atomic E-state index is 10.4. The van der Waals surface area contributed by atoms with Gasteiger partial charge in [-0.25, -0.2) is 4.79 Å². The van der Waals surface area contributed by atoms with Gasteiger partial charge < -0.3 is 76.1 Å². The molecule has 1 fully saturated rings. The lowest BCUT2D eigenvalue weighted by atomic mass is 10.2. The molecule has 0 saturated carbocycles. The molecule has 22 heteroatoms. The van der Waals surface area contributed by atoms with Gasteiger partial charge in [-0.3, -0.25) is 33.6 Å². The van der Waals surface area contributed by atoms with E-state index in [0.717, 1.165) is 0 Å². The van der Waals surface area contributed by atoms with Crippen molar-refractivity contribution in [2.24, 2.45) is 40.1 Å². The Morgan fingerprint density at radius 1 is 0.682 bits per heavy atom. The first-order valence-electron chi connectivity index (χ1n) is 12.5. The van der Waals surface area contributed by atoms with E-state index in [9.17, 15) is 38.4 Å². The van der Waals surface area contributed by atoms with Crippen molar-refractivity contribution in [3.05, 3.63) is 0 Å². The highest BCUT2D eigenvalue weighted by Crippen LogP contribution is 2.05. The van der Waals surface area contributed by atoms with E-state index in [2.05, 4.69) is 5.32 Å². The smallest absolute Gasteiger partial charge is 0.326 e. The Kier molecular flexibility index (Phi) is 28.9. The number of primary amides is 1. The van der Waals surface area contributed by atoms with Crippen molar-refractivity contribution in [1.29, 1.82) is 0 Å². The summed E-state index contributed by atoms with van der Waals surface area (Å²) in [5.41, 5.74) is 34.6. The third kappa shape index (κ3) is 32.0. The second kappa shape index (κ2) is 27.4. The molecule has 256 valence electrons. The van der Waals surface area contributed by atoms with E-state index >= 15 is 0 Å². The summed E-state index contributed by atoms with van der Waals surface area (Å²) in [4.78, 5) is 80.2. The first-order valence-corrected chi connectivity index (χ1v) is 12.5. The molecule has 1 rings (SSSR count). The van der Waals surface area contributed by atoms with Crippen LogP contribution in [-0.2, 0) is 38.4 Å². The number of carbonyl (C=O) groups is 8. The molecule has 1 saturated heterocycles. The van der Waals surface area contributed by atoms with Gasteiger partial charge in [0.25, 0.3) is 0 Å². The van der Waals surface area contributed by atoms with Crippen molar-refractivity contribution in [2.45, 2.75) is 75.2 Å². The zero-order valence-electron chi connectivity index (χ0n) is 23.7. The number of carbonyl (C=O) groups excluding carboxylic acids is 2. The lowest BCUT2D eigenvalue weighted by Crippen LogP contribution is -2.37. The fourth-order valence-electron chi connectivity index (χ4n) is 2.03. The normalized spacial score (nSPS) is 15.5. The predicted octanol–water partition coefficient (Wildman–Crippen LogP) is -5.62. The number of hydrogen-bond acceptors (Lipinski definition) is 14. The Morgan fingerprint density at radius 2 is 1.07 bits per heavy atom.